The zero-order chi connectivity index (χ0) is 21.8. The molecule has 0 spiro atoms. The maximum Gasteiger partial charge on any atom is 0.338 e. The molecule has 7 nitrogen and oxygen atoms in total. The van der Waals surface area contributed by atoms with Crippen LogP contribution in [0.25, 0.3) is 32.2 Å². The molecule has 8 heteroatoms. The van der Waals surface area contributed by atoms with Crippen LogP contribution >= 0.6 is 11.3 Å². The third kappa shape index (κ3) is 4.26. The molecular formula is C24H18N4O3S. The lowest BCUT2D eigenvalue weighted by molar-refractivity contribution is 0.0499. The average molecular weight is 443 g/mol. The maximum absolute atomic E-state index is 12.8. The van der Waals surface area contributed by atoms with Crippen molar-refractivity contribution in [3.63, 3.8) is 0 Å². The minimum absolute atomic E-state index is 0.248. The van der Waals surface area contributed by atoms with Crippen LogP contribution in [0, 0.1) is 0 Å². The molecule has 5 aromatic rings. The number of para-hydroxylation sites is 1. The standard InChI is InChI=1S/C24H18N4O3S/c29-24(30-14-6-12-21-27-22(28-31-21)16-7-5-13-25-15-16)18-9-2-1-8-17(18)23-26-19-10-3-4-11-20(19)32-23/h1-5,7-11,13,15H,6,12,14H2. The van der Waals surface area contributed by atoms with Crippen LogP contribution < -0.4 is 0 Å². The Hall–Kier alpha value is -3.91. The van der Waals surface area contributed by atoms with E-state index < -0.39 is 0 Å². The van der Waals surface area contributed by atoms with Gasteiger partial charge in [0.2, 0.25) is 11.7 Å². The first-order chi connectivity index (χ1) is 15.8. The molecule has 0 saturated carbocycles. The van der Waals surface area contributed by atoms with Crippen molar-refractivity contribution in [3.05, 3.63) is 84.5 Å². The summed E-state index contributed by atoms with van der Waals surface area (Å²) in [5, 5.41) is 4.77. The summed E-state index contributed by atoms with van der Waals surface area (Å²) in [4.78, 5) is 25.8. The molecule has 0 fully saturated rings. The van der Waals surface area contributed by atoms with Crippen LogP contribution in [-0.4, -0.2) is 32.7 Å². The lowest BCUT2D eigenvalue weighted by Gasteiger charge is -2.07. The second kappa shape index (κ2) is 9.07. The van der Waals surface area contributed by atoms with Gasteiger partial charge in [-0.05, 0) is 36.8 Å². The Morgan fingerprint density at radius 2 is 1.88 bits per heavy atom. The number of carbonyl (C=O) groups is 1. The van der Waals surface area contributed by atoms with E-state index in [-0.39, 0.29) is 12.6 Å². The summed E-state index contributed by atoms with van der Waals surface area (Å²) in [6.07, 6.45) is 4.46. The van der Waals surface area contributed by atoms with Crippen LogP contribution in [-0.2, 0) is 11.2 Å². The Kier molecular flexibility index (Phi) is 5.67. The second-order valence-electron chi connectivity index (χ2n) is 7.03. The quantitative estimate of drug-likeness (QED) is 0.253. The number of carbonyl (C=O) groups excluding carboxylic acids is 1. The van der Waals surface area contributed by atoms with Crippen molar-refractivity contribution in [2.24, 2.45) is 0 Å². The molecule has 3 heterocycles. The number of hydrogen-bond acceptors (Lipinski definition) is 8. The van der Waals surface area contributed by atoms with Gasteiger partial charge in [-0.2, -0.15) is 4.98 Å². The number of benzene rings is 2. The van der Waals surface area contributed by atoms with Crippen LogP contribution in [0.5, 0.6) is 0 Å². The van der Waals surface area contributed by atoms with Crippen molar-refractivity contribution in [2.45, 2.75) is 12.8 Å². The van der Waals surface area contributed by atoms with Gasteiger partial charge in [0, 0.05) is 29.9 Å². The highest BCUT2D eigenvalue weighted by atomic mass is 32.1. The van der Waals surface area contributed by atoms with Gasteiger partial charge in [-0.25, -0.2) is 9.78 Å². The molecule has 32 heavy (non-hydrogen) atoms. The third-order valence-electron chi connectivity index (χ3n) is 4.83. The highest BCUT2D eigenvalue weighted by molar-refractivity contribution is 7.21. The summed E-state index contributed by atoms with van der Waals surface area (Å²) in [5.41, 5.74) is 2.99. The number of ether oxygens (including phenoxy) is 1. The second-order valence-corrected chi connectivity index (χ2v) is 8.06. The molecule has 0 aliphatic rings. The zero-order valence-electron chi connectivity index (χ0n) is 17.0. The highest BCUT2D eigenvalue weighted by Gasteiger charge is 2.17. The number of aryl methyl sites for hydroxylation is 1. The molecule has 0 atom stereocenters. The number of fused-ring (bicyclic) bond motifs is 1. The zero-order valence-corrected chi connectivity index (χ0v) is 17.8. The molecule has 0 aliphatic heterocycles. The normalized spacial score (nSPS) is 11.0. The van der Waals surface area contributed by atoms with Crippen molar-refractivity contribution in [1.82, 2.24) is 20.1 Å². The van der Waals surface area contributed by atoms with Gasteiger partial charge < -0.3 is 9.26 Å². The Balaban J connectivity index is 1.21. The van der Waals surface area contributed by atoms with Crippen molar-refractivity contribution < 1.29 is 14.1 Å². The highest BCUT2D eigenvalue weighted by Crippen LogP contribution is 2.32. The summed E-state index contributed by atoms with van der Waals surface area (Å²) in [5.74, 6) is 0.617. The molecule has 2 aromatic carbocycles. The molecule has 0 amide bonds. The van der Waals surface area contributed by atoms with E-state index in [0.29, 0.717) is 30.1 Å². The fraction of sp³-hybridized carbons (Fsp3) is 0.125. The number of esters is 1. The topological polar surface area (TPSA) is 91.0 Å². The Morgan fingerprint density at radius 1 is 1.00 bits per heavy atom. The molecule has 158 valence electrons. The van der Waals surface area contributed by atoms with E-state index in [1.807, 2.05) is 54.6 Å². The Labute approximate surface area is 187 Å². The van der Waals surface area contributed by atoms with Gasteiger partial charge in [-0.15, -0.1) is 11.3 Å². The lowest BCUT2D eigenvalue weighted by Crippen LogP contribution is -2.08. The average Bonchev–Trinajstić information content (AvgIpc) is 3.49. The molecule has 0 aliphatic carbocycles. The van der Waals surface area contributed by atoms with Gasteiger partial charge >= 0.3 is 5.97 Å². The fourth-order valence-corrected chi connectivity index (χ4v) is 4.27. The van der Waals surface area contributed by atoms with Gasteiger partial charge in [-0.3, -0.25) is 4.98 Å². The predicted molar refractivity (Wildman–Crippen MR) is 121 cm³/mol. The molecule has 0 radical (unpaired) electrons. The number of hydrogen-bond donors (Lipinski definition) is 0. The number of aromatic nitrogens is 4. The van der Waals surface area contributed by atoms with Crippen molar-refractivity contribution in [3.8, 4) is 22.0 Å². The first-order valence-corrected chi connectivity index (χ1v) is 10.9. The molecule has 0 unspecified atom stereocenters. The van der Waals surface area contributed by atoms with E-state index in [1.54, 1.807) is 29.8 Å². The van der Waals surface area contributed by atoms with E-state index >= 15 is 0 Å². The first-order valence-electron chi connectivity index (χ1n) is 10.1. The number of thiazole rings is 1. The minimum Gasteiger partial charge on any atom is -0.462 e. The maximum atomic E-state index is 12.8. The summed E-state index contributed by atoms with van der Waals surface area (Å²) in [6.45, 7) is 0.248. The van der Waals surface area contributed by atoms with Gasteiger partial charge in [-0.1, -0.05) is 35.5 Å². The van der Waals surface area contributed by atoms with Crippen LogP contribution in [0.1, 0.15) is 22.7 Å². The predicted octanol–water partition coefficient (Wildman–Crippen LogP) is 5.20. The van der Waals surface area contributed by atoms with Crippen molar-refractivity contribution >= 4 is 27.5 Å². The molecule has 3 aromatic heterocycles. The van der Waals surface area contributed by atoms with Gasteiger partial charge in [0.1, 0.15) is 5.01 Å². The molecule has 0 N–H and O–H groups in total. The molecular weight excluding hydrogens is 424 g/mol. The van der Waals surface area contributed by atoms with Crippen LogP contribution in [0.4, 0.5) is 0 Å². The Bertz CT molecular complexity index is 1330. The largest absolute Gasteiger partial charge is 0.462 e. The van der Waals surface area contributed by atoms with E-state index in [2.05, 4.69) is 20.1 Å². The van der Waals surface area contributed by atoms with Crippen LogP contribution in [0.3, 0.4) is 0 Å². The summed E-state index contributed by atoms with van der Waals surface area (Å²) >= 11 is 1.56. The van der Waals surface area contributed by atoms with Crippen molar-refractivity contribution in [2.75, 3.05) is 6.61 Å². The molecule has 0 saturated heterocycles. The first kappa shape index (κ1) is 20.0. The van der Waals surface area contributed by atoms with Crippen LogP contribution in [0.2, 0.25) is 0 Å². The monoisotopic (exact) mass is 442 g/mol. The van der Waals surface area contributed by atoms with Gasteiger partial charge in [0.05, 0.1) is 22.4 Å². The molecule has 5 rings (SSSR count). The van der Waals surface area contributed by atoms with E-state index in [9.17, 15) is 4.79 Å². The van der Waals surface area contributed by atoms with E-state index in [4.69, 9.17) is 9.26 Å². The lowest BCUT2D eigenvalue weighted by atomic mass is 10.1. The number of rotatable bonds is 7. The number of pyridine rings is 1. The summed E-state index contributed by atoms with van der Waals surface area (Å²) in [7, 11) is 0. The fourth-order valence-electron chi connectivity index (χ4n) is 3.27. The van der Waals surface area contributed by atoms with Crippen molar-refractivity contribution in [1.29, 1.82) is 0 Å². The van der Waals surface area contributed by atoms with Crippen LogP contribution in [0.15, 0.2) is 77.6 Å². The summed E-state index contributed by atoms with van der Waals surface area (Å²) in [6, 6.07) is 19.0. The van der Waals surface area contributed by atoms with E-state index in [1.165, 1.54) is 0 Å². The SMILES string of the molecule is O=C(OCCCc1nc(-c2cccnc2)no1)c1ccccc1-c1nc2ccccc2s1. The third-order valence-corrected chi connectivity index (χ3v) is 5.90. The van der Waals surface area contributed by atoms with E-state index in [0.717, 1.165) is 26.4 Å². The van der Waals surface area contributed by atoms with Gasteiger partial charge in [0.15, 0.2) is 0 Å². The summed E-state index contributed by atoms with van der Waals surface area (Å²) < 4.78 is 11.9. The minimum atomic E-state index is -0.374. The molecule has 0 bridgehead atoms. The number of nitrogens with zero attached hydrogens (tertiary/aromatic N) is 4. The smallest absolute Gasteiger partial charge is 0.338 e. The Morgan fingerprint density at radius 3 is 2.75 bits per heavy atom. The van der Waals surface area contributed by atoms with Gasteiger partial charge in [0.25, 0.3) is 0 Å².